The van der Waals surface area contributed by atoms with Gasteiger partial charge in [0.25, 0.3) is 17.7 Å². The molecule has 6 unspecified atom stereocenters. The molecule has 7 rings (SSSR count). The van der Waals surface area contributed by atoms with Crippen LogP contribution in [0.15, 0.2) is 48.6 Å². The molecular weight excluding hydrogens is 378 g/mol. The smallest absolute Gasteiger partial charge is 0.270 e. The summed E-state index contributed by atoms with van der Waals surface area (Å²) in [5, 5.41) is 0.990. The summed E-state index contributed by atoms with van der Waals surface area (Å²) in [5.74, 6) is -0.169. The second-order valence-electron chi connectivity index (χ2n) is 9.11. The fourth-order valence-corrected chi connectivity index (χ4v) is 6.07. The zero-order valence-electron chi connectivity index (χ0n) is 16.9. The van der Waals surface area contributed by atoms with Gasteiger partial charge < -0.3 is 4.57 Å². The summed E-state index contributed by atoms with van der Waals surface area (Å²) in [6, 6.07) is 11.3. The van der Waals surface area contributed by atoms with E-state index in [0.29, 0.717) is 17.4 Å². The lowest BCUT2D eigenvalue weighted by molar-refractivity contribution is -0.143. The van der Waals surface area contributed by atoms with Gasteiger partial charge in [0, 0.05) is 22.6 Å². The molecule has 2 aromatic rings. The normalized spacial score (nSPS) is 32.9. The molecule has 6 nitrogen and oxygen atoms in total. The van der Waals surface area contributed by atoms with Gasteiger partial charge >= 0.3 is 0 Å². The zero-order valence-corrected chi connectivity index (χ0v) is 16.9. The van der Waals surface area contributed by atoms with Crippen LogP contribution in [-0.4, -0.2) is 27.3 Å². The number of nitrogens with zero attached hydrogens (tertiary/aromatic N) is 2. The number of carbonyl (C=O) groups excluding carboxylic acids is 3. The zero-order chi connectivity index (χ0) is 20.7. The molecule has 2 saturated carbocycles. The van der Waals surface area contributed by atoms with Crippen LogP contribution >= 0.6 is 0 Å². The van der Waals surface area contributed by atoms with Crippen LogP contribution in [0, 0.1) is 49.4 Å². The molecule has 5 aliphatic rings. The SMILES string of the molecule is Cc1ccc(C)n1-c1ccc(C(=O)NN2C(=O)C3C4C=CC(C5CC45)C3C2=O)cc1. The molecule has 152 valence electrons. The van der Waals surface area contributed by atoms with Crippen LogP contribution in [0.2, 0.25) is 0 Å². The fraction of sp³-hybridized carbons (Fsp3) is 0.375. The van der Waals surface area contributed by atoms with E-state index in [1.165, 1.54) is 0 Å². The van der Waals surface area contributed by atoms with Gasteiger partial charge in [-0.2, -0.15) is 5.01 Å². The van der Waals surface area contributed by atoms with Crippen molar-refractivity contribution in [1.29, 1.82) is 0 Å². The number of rotatable bonds is 3. The largest absolute Gasteiger partial charge is 0.319 e. The third-order valence-electron chi connectivity index (χ3n) is 7.53. The Hall–Kier alpha value is -3.15. The highest BCUT2D eigenvalue weighted by atomic mass is 16.2. The minimum absolute atomic E-state index is 0.149. The van der Waals surface area contributed by atoms with Gasteiger partial charge in [0.1, 0.15) is 0 Å². The highest BCUT2D eigenvalue weighted by Crippen LogP contribution is 2.65. The first-order valence-electron chi connectivity index (χ1n) is 10.6. The lowest BCUT2D eigenvalue weighted by atomic mass is 9.63. The Bertz CT molecular complexity index is 1070. The Morgan fingerprint density at radius 1 is 0.867 bits per heavy atom. The van der Waals surface area contributed by atoms with Crippen LogP contribution < -0.4 is 5.43 Å². The molecule has 1 aromatic heterocycles. The molecule has 6 atom stereocenters. The topological polar surface area (TPSA) is 71.4 Å². The van der Waals surface area contributed by atoms with Crippen molar-refractivity contribution in [3.05, 3.63) is 65.5 Å². The van der Waals surface area contributed by atoms with Gasteiger partial charge in [-0.15, -0.1) is 0 Å². The standard InChI is InChI=1S/C24H23N3O3/c1-12-3-4-13(2)26(12)15-7-5-14(6-8-15)22(28)25-27-23(29)20-16-9-10-17(19-11-18(16)19)21(20)24(27)30/h3-10,16-21H,11H2,1-2H3,(H,25,28). The number of hydrazine groups is 1. The molecular formula is C24H23N3O3. The Balaban J connectivity index is 1.22. The lowest BCUT2D eigenvalue weighted by Gasteiger charge is -2.37. The Kier molecular flexibility index (Phi) is 3.50. The molecule has 4 aliphatic carbocycles. The molecule has 1 N–H and O–H groups in total. The van der Waals surface area contributed by atoms with Crippen molar-refractivity contribution >= 4 is 17.7 Å². The van der Waals surface area contributed by atoms with Crippen molar-refractivity contribution in [3.63, 3.8) is 0 Å². The van der Waals surface area contributed by atoms with E-state index in [0.717, 1.165) is 28.5 Å². The van der Waals surface area contributed by atoms with Gasteiger partial charge in [-0.3, -0.25) is 19.8 Å². The maximum absolute atomic E-state index is 13.0. The van der Waals surface area contributed by atoms with Gasteiger partial charge in [0.2, 0.25) is 0 Å². The molecule has 0 radical (unpaired) electrons. The summed E-state index contributed by atoms with van der Waals surface area (Å²) >= 11 is 0. The van der Waals surface area contributed by atoms with Crippen molar-refractivity contribution in [1.82, 2.24) is 15.0 Å². The molecule has 2 heterocycles. The number of allylic oxidation sites excluding steroid dienone is 2. The van der Waals surface area contributed by atoms with Crippen molar-refractivity contribution in [2.24, 2.45) is 35.5 Å². The fourth-order valence-electron chi connectivity index (χ4n) is 6.07. The van der Waals surface area contributed by atoms with E-state index in [1.54, 1.807) is 12.1 Å². The minimum atomic E-state index is -0.437. The van der Waals surface area contributed by atoms with Crippen LogP contribution in [-0.2, 0) is 9.59 Å². The quantitative estimate of drug-likeness (QED) is 0.635. The summed E-state index contributed by atoms with van der Waals surface area (Å²) in [7, 11) is 0. The van der Waals surface area contributed by atoms with Gasteiger partial charge in [-0.05, 0) is 80.3 Å². The molecule has 0 spiro atoms. The third-order valence-corrected chi connectivity index (χ3v) is 7.53. The summed E-state index contributed by atoms with van der Waals surface area (Å²) < 4.78 is 2.11. The molecule has 1 saturated heterocycles. The van der Waals surface area contributed by atoms with E-state index in [9.17, 15) is 14.4 Å². The van der Waals surface area contributed by atoms with Gasteiger partial charge in [0.05, 0.1) is 11.8 Å². The third kappa shape index (κ3) is 2.27. The Labute approximate surface area is 174 Å². The van der Waals surface area contributed by atoms with Crippen LogP contribution in [0.4, 0.5) is 0 Å². The van der Waals surface area contributed by atoms with Crippen molar-refractivity contribution in [3.8, 4) is 5.69 Å². The first-order chi connectivity index (χ1) is 14.5. The first kappa shape index (κ1) is 17.7. The number of aromatic nitrogens is 1. The highest BCUT2D eigenvalue weighted by Gasteiger charge is 2.67. The number of carbonyl (C=O) groups is 3. The molecule has 3 amide bonds. The maximum atomic E-state index is 13.0. The molecule has 30 heavy (non-hydrogen) atoms. The van der Waals surface area contributed by atoms with Crippen molar-refractivity contribution in [2.45, 2.75) is 20.3 Å². The van der Waals surface area contributed by atoms with E-state index in [2.05, 4.69) is 22.1 Å². The first-order valence-corrected chi connectivity index (χ1v) is 10.6. The molecule has 6 heteroatoms. The Morgan fingerprint density at radius 2 is 1.40 bits per heavy atom. The van der Waals surface area contributed by atoms with Gasteiger partial charge in [0.15, 0.2) is 0 Å². The predicted octanol–water partition coefficient (Wildman–Crippen LogP) is 2.79. The number of amides is 3. The number of aryl methyl sites for hydroxylation is 2. The summed E-state index contributed by atoms with van der Waals surface area (Å²) in [6.07, 6.45) is 5.37. The van der Waals surface area contributed by atoms with Crippen molar-refractivity contribution < 1.29 is 14.4 Å². The second kappa shape index (κ2) is 5.94. The average molecular weight is 401 g/mol. The summed E-state index contributed by atoms with van der Waals surface area (Å²) in [6.45, 7) is 4.06. The van der Waals surface area contributed by atoms with Crippen LogP contribution in [0.25, 0.3) is 5.69 Å². The number of hydrogen-bond donors (Lipinski definition) is 1. The second-order valence-corrected chi connectivity index (χ2v) is 9.11. The number of hydrogen-bond acceptors (Lipinski definition) is 3. The average Bonchev–Trinajstić information content (AvgIpc) is 3.46. The highest BCUT2D eigenvalue weighted by molar-refractivity contribution is 6.08. The van der Waals surface area contributed by atoms with Crippen LogP contribution in [0.5, 0.6) is 0 Å². The number of nitrogens with one attached hydrogen (secondary N) is 1. The molecule has 1 aromatic carbocycles. The molecule has 3 fully saturated rings. The van der Waals surface area contributed by atoms with Crippen molar-refractivity contribution in [2.75, 3.05) is 0 Å². The molecule has 2 bridgehead atoms. The summed E-state index contributed by atoms with van der Waals surface area (Å²) in [4.78, 5) is 38.8. The van der Waals surface area contributed by atoms with Gasteiger partial charge in [-0.1, -0.05) is 12.2 Å². The summed E-state index contributed by atoms with van der Waals surface area (Å²) in [5.41, 5.74) is 6.20. The molecule has 1 aliphatic heterocycles. The van der Waals surface area contributed by atoms with Gasteiger partial charge in [-0.25, -0.2) is 0 Å². The van der Waals surface area contributed by atoms with Crippen LogP contribution in [0.1, 0.15) is 28.2 Å². The number of benzene rings is 1. The predicted molar refractivity (Wildman–Crippen MR) is 109 cm³/mol. The Morgan fingerprint density at radius 3 is 1.93 bits per heavy atom. The lowest BCUT2D eigenvalue weighted by Crippen LogP contribution is -2.46. The maximum Gasteiger partial charge on any atom is 0.270 e. The van der Waals surface area contributed by atoms with E-state index < -0.39 is 5.91 Å². The van der Waals surface area contributed by atoms with E-state index in [4.69, 9.17) is 0 Å². The number of imide groups is 1. The van der Waals surface area contributed by atoms with E-state index >= 15 is 0 Å². The van der Waals surface area contributed by atoms with E-state index in [-0.39, 0.29) is 35.5 Å². The monoisotopic (exact) mass is 401 g/mol. The minimum Gasteiger partial charge on any atom is -0.319 e. The van der Waals surface area contributed by atoms with E-state index in [1.807, 2.05) is 38.1 Å². The van der Waals surface area contributed by atoms with Crippen LogP contribution in [0.3, 0.4) is 0 Å².